The molecule has 5 nitrogen and oxygen atoms in total. The molecule has 2 heterocycles. The lowest BCUT2D eigenvalue weighted by molar-refractivity contribution is 0.596. The zero-order valence-corrected chi connectivity index (χ0v) is 18.1. The Bertz CT molecular complexity index is 869. The van der Waals surface area contributed by atoms with Gasteiger partial charge in [-0.1, -0.05) is 23.8 Å². The molecule has 2 atom stereocenters. The lowest BCUT2D eigenvalue weighted by Crippen LogP contribution is -2.19. The molecular formula is C23H31N5S. The van der Waals surface area contributed by atoms with Gasteiger partial charge in [-0.15, -0.1) is 12.6 Å². The molecule has 0 saturated carbocycles. The fourth-order valence-corrected chi connectivity index (χ4v) is 4.06. The monoisotopic (exact) mass is 409 g/mol. The van der Waals surface area contributed by atoms with Gasteiger partial charge >= 0.3 is 0 Å². The van der Waals surface area contributed by atoms with Gasteiger partial charge in [-0.25, -0.2) is 0 Å². The SMILES string of the molecule is CC1=CC(S)=CCC1.CC1CC(CNc2ccc(-c3cn[nH]c3)cc2C=N)CN1. The maximum Gasteiger partial charge on any atom is 0.0565 e. The van der Waals surface area contributed by atoms with Gasteiger partial charge in [-0.3, -0.25) is 5.10 Å². The van der Waals surface area contributed by atoms with Crippen molar-refractivity contribution in [3.63, 3.8) is 0 Å². The van der Waals surface area contributed by atoms with Gasteiger partial charge in [0.25, 0.3) is 0 Å². The van der Waals surface area contributed by atoms with Crippen LogP contribution in [0.25, 0.3) is 11.1 Å². The number of rotatable bonds is 5. The maximum absolute atomic E-state index is 7.63. The number of nitrogens with one attached hydrogen (secondary N) is 4. The smallest absolute Gasteiger partial charge is 0.0565 e. The fraction of sp³-hybridized carbons (Fsp3) is 0.391. The van der Waals surface area contributed by atoms with Crippen molar-refractivity contribution in [3.8, 4) is 11.1 Å². The van der Waals surface area contributed by atoms with E-state index in [9.17, 15) is 0 Å². The van der Waals surface area contributed by atoms with Crippen molar-refractivity contribution in [2.75, 3.05) is 18.4 Å². The van der Waals surface area contributed by atoms with Crippen LogP contribution >= 0.6 is 12.6 Å². The average Bonchev–Trinajstić information content (AvgIpc) is 3.38. The third-order valence-corrected chi connectivity index (χ3v) is 5.66. The van der Waals surface area contributed by atoms with Gasteiger partial charge in [0.15, 0.2) is 0 Å². The highest BCUT2D eigenvalue weighted by Crippen LogP contribution is 2.24. The minimum absolute atomic E-state index is 0.613. The molecular weight excluding hydrogens is 378 g/mol. The first-order chi connectivity index (χ1) is 14.0. The normalized spacial score (nSPS) is 20.9. The minimum Gasteiger partial charge on any atom is -0.384 e. The number of thiol groups is 1. The van der Waals surface area contributed by atoms with E-state index in [2.05, 4.69) is 71.6 Å². The van der Waals surface area contributed by atoms with Crippen LogP contribution in [0.5, 0.6) is 0 Å². The summed E-state index contributed by atoms with van der Waals surface area (Å²) in [6, 6.07) is 6.75. The van der Waals surface area contributed by atoms with Gasteiger partial charge in [-0.2, -0.15) is 5.10 Å². The first-order valence-electron chi connectivity index (χ1n) is 10.2. The molecule has 1 fully saturated rings. The van der Waals surface area contributed by atoms with Crippen LogP contribution in [0.1, 0.15) is 38.7 Å². The van der Waals surface area contributed by atoms with Crippen molar-refractivity contribution < 1.29 is 0 Å². The topological polar surface area (TPSA) is 76.6 Å². The highest BCUT2D eigenvalue weighted by molar-refractivity contribution is 7.84. The van der Waals surface area contributed by atoms with E-state index in [1.807, 2.05) is 12.3 Å². The lowest BCUT2D eigenvalue weighted by Gasteiger charge is -2.14. The summed E-state index contributed by atoms with van der Waals surface area (Å²) in [4.78, 5) is 1.12. The van der Waals surface area contributed by atoms with Gasteiger partial charge in [0.05, 0.1) is 6.20 Å². The van der Waals surface area contributed by atoms with Crippen molar-refractivity contribution in [3.05, 3.63) is 58.8 Å². The Labute approximate surface area is 179 Å². The minimum atomic E-state index is 0.613. The molecule has 0 spiro atoms. The van der Waals surface area contributed by atoms with Crippen molar-refractivity contribution in [2.45, 2.75) is 39.2 Å². The second-order valence-electron chi connectivity index (χ2n) is 7.88. The molecule has 1 aromatic carbocycles. The molecule has 4 rings (SSSR count). The number of aromatic amines is 1. The van der Waals surface area contributed by atoms with Crippen LogP contribution in [0.4, 0.5) is 5.69 Å². The summed E-state index contributed by atoms with van der Waals surface area (Å²) in [7, 11) is 0. The van der Waals surface area contributed by atoms with Gasteiger partial charge in [0.1, 0.15) is 0 Å². The van der Waals surface area contributed by atoms with E-state index in [1.54, 1.807) is 6.20 Å². The summed E-state index contributed by atoms with van der Waals surface area (Å²) in [5.74, 6) is 0.659. The van der Waals surface area contributed by atoms with Crippen molar-refractivity contribution >= 4 is 24.5 Å². The van der Waals surface area contributed by atoms with E-state index in [0.717, 1.165) is 40.4 Å². The van der Waals surface area contributed by atoms with E-state index in [4.69, 9.17) is 5.41 Å². The van der Waals surface area contributed by atoms with Crippen LogP contribution in [-0.4, -0.2) is 35.5 Å². The van der Waals surface area contributed by atoms with Gasteiger partial charge in [0.2, 0.25) is 0 Å². The largest absolute Gasteiger partial charge is 0.384 e. The van der Waals surface area contributed by atoms with E-state index in [-0.39, 0.29) is 0 Å². The number of hydrogen-bond donors (Lipinski definition) is 5. The van der Waals surface area contributed by atoms with E-state index >= 15 is 0 Å². The van der Waals surface area contributed by atoms with Crippen molar-refractivity contribution in [1.82, 2.24) is 15.5 Å². The molecule has 0 bridgehead atoms. The lowest BCUT2D eigenvalue weighted by atomic mass is 10.0. The molecule has 0 radical (unpaired) electrons. The average molecular weight is 410 g/mol. The number of allylic oxidation sites excluding steroid dienone is 3. The maximum atomic E-state index is 7.63. The molecule has 29 heavy (non-hydrogen) atoms. The van der Waals surface area contributed by atoms with Crippen LogP contribution in [0.3, 0.4) is 0 Å². The number of benzene rings is 1. The van der Waals surface area contributed by atoms with Gasteiger partial charge in [-0.05, 0) is 68.2 Å². The van der Waals surface area contributed by atoms with Gasteiger partial charge < -0.3 is 16.0 Å². The molecule has 154 valence electrons. The quantitative estimate of drug-likeness (QED) is 0.355. The summed E-state index contributed by atoms with van der Waals surface area (Å²) in [6.45, 7) is 6.39. The summed E-state index contributed by atoms with van der Waals surface area (Å²) in [5, 5.41) is 21.4. The third-order valence-electron chi connectivity index (χ3n) is 5.35. The summed E-state index contributed by atoms with van der Waals surface area (Å²) >= 11 is 4.21. The van der Waals surface area contributed by atoms with Crippen molar-refractivity contribution in [1.29, 1.82) is 5.41 Å². The Kier molecular flexibility index (Phi) is 7.72. The molecule has 6 heteroatoms. The number of anilines is 1. The standard InChI is InChI=1S/C16H21N5.C7H10S/c1-11-4-12(7-18-11)8-19-16-3-2-13(5-14(16)6-17)15-9-20-21-10-15;1-6-3-2-4-7(8)5-6/h2-3,5-6,9-12,17-19H,4,7-8H2,1H3,(H,20,21);4-5,8H,2-3H2,1H3. The highest BCUT2D eigenvalue weighted by Gasteiger charge is 2.20. The van der Waals surface area contributed by atoms with Gasteiger partial charge in [0, 0.05) is 41.8 Å². The first kappa shape index (κ1) is 21.4. The van der Waals surface area contributed by atoms with Crippen LogP contribution in [0.15, 0.2) is 53.2 Å². The molecule has 1 saturated heterocycles. The Morgan fingerprint density at radius 3 is 2.79 bits per heavy atom. The number of nitrogens with zero attached hydrogens (tertiary/aromatic N) is 1. The Morgan fingerprint density at radius 1 is 1.34 bits per heavy atom. The van der Waals surface area contributed by atoms with Crippen LogP contribution in [0, 0.1) is 11.3 Å². The number of H-pyrrole nitrogens is 1. The molecule has 0 amide bonds. The third kappa shape index (κ3) is 6.34. The zero-order valence-electron chi connectivity index (χ0n) is 17.2. The molecule has 4 N–H and O–H groups in total. The Balaban J connectivity index is 0.000000252. The molecule has 2 aliphatic rings. The zero-order chi connectivity index (χ0) is 20.6. The summed E-state index contributed by atoms with van der Waals surface area (Å²) in [5.41, 5.74) is 5.49. The van der Waals surface area contributed by atoms with E-state index in [1.165, 1.54) is 31.1 Å². The fourth-order valence-electron chi connectivity index (χ4n) is 3.71. The predicted octanol–water partition coefficient (Wildman–Crippen LogP) is 5.02. The Morgan fingerprint density at radius 2 is 2.21 bits per heavy atom. The van der Waals surface area contributed by atoms with E-state index in [0.29, 0.717) is 12.0 Å². The molecule has 2 aromatic rings. The molecule has 2 unspecified atom stereocenters. The van der Waals surface area contributed by atoms with E-state index < -0.39 is 0 Å². The number of aromatic nitrogens is 2. The van der Waals surface area contributed by atoms with Crippen LogP contribution < -0.4 is 10.6 Å². The summed E-state index contributed by atoms with van der Waals surface area (Å²) in [6.07, 6.45) is 12.9. The second kappa shape index (κ2) is 10.5. The second-order valence-corrected chi connectivity index (χ2v) is 8.40. The van der Waals surface area contributed by atoms with Crippen LogP contribution in [0.2, 0.25) is 0 Å². The van der Waals surface area contributed by atoms with Crippen LogP contribution in [-0.2, 0) is 0 Å². The highest BCUT2D eigenvalue weighted by atomic mass is 32.1. The van der Waals surface area contributed by atoms with Crippen molar-refractivity contribution in [2.24, 2.45) is 5.92 Å². The molecule has 1 aromatic heterocycles. The molecule has 1 aliphatic carbocycles. The number of hydrogen-bond acceptors (Lipinski definition) is 5. The first-order valence-corrected chi connectivity index (χ1v) is 10.7. The Hall–Kier alpha value is -2.31. The predicted molar refractivity (Wildman–Crippen MR) is 126 cm³/mol. The summed E-state index contributed by atoms with van der Waals surface area (Å²) < 4.78 is 0. The molecule has 1 aliphatic heterocycles.